The van der Waals surface area contributed by atoms with Crippen molar-refractivity contribution in [2.24, 2.45) is 0 Å². The lowest BCUT2D eigenvalue weighted by Crippen LogP contribution is -2.41. The van der Waals surface area contributed by atoms with Gasteiger partial charge in [-0.2, -0.15) is 0 Å². The fourth-order valence-electron chi connectivity index (χ4n) is 2.46. The molecule has 4 heteroatoms. The first-order valence-electron chi connectivity index (χ1n) is 7.09. The van der Waals surface area contributed by atoms with E-state index in [1.807, 2.05) is 19.1 Å². The van der Waals surface area contributed by atoms with E-state index in [4.69, 9.17) is 14.2 Å². The Morgan fingerprint density at radius 2 is 1.75 bits per heavy atom. The Hall–Kier alpha value is -1.26. The first-order chi connectivity index (χ1) is 9.50. The Labute approximate surface area is 122 Å². The summed E-state index contributed by atoms with van der Waals surface area (Å²) in [6.45, 7) is 9.86. The van der Waals surface area contributed by atoms with E-state index < -0.39 is 0 Å². The average Bonchev–Trinajstić information content (AvgIpc) is 2.43. The van der Waals surface area contributed by atoms with Crippen molar-refractivity contribution < 1.29 is 14.2 Å². The minimum atomic E-state index is -0.301. The van der Waals surface area contributed by atoms with Gasteiger partial charge in [0.25, 0.3) is 0 Å². The molecule has 0 aromatic heterocycles. The summed E-state index contributed by atoms with van der Waals surface area (Å²) in [7, 11) is 3.29. The van der Waals surface area contributed by atoms with Crippen LogP contribution in [0.4, 0.5) is 0 Å². The van der Waals surface area contributed by atoms with Crippen LogP contribution in [-0.2, 0) is 4.74 Å². The summed E-state index contributed by atoms with van der Waals surface area (Å²) in [6.07, 6.45) is 0. The van der Waals surface area contributed by atoms with Crippen molar-refractivity contribution in [3.8, 4) is 11.5 Å². The Bertz CT molecular complexity index is 418. The van der Waals surface area contributed by atoms with Crippen molar-refractivity contribution in [1.82, 2.24) is 5.32 Å². The minimum absolute atomic E-state index is 0.0901. The molecular formula is C16H27NO3. The van der Waals surface area contributed by atoms with Crippen LogP contribution in [0.15, 0.2) is 18.2 Å². The van der Waals surface area contributed by atoms with E-state index in [1.165, 1.54) is 0 Å². The summed E-state index contributed by atoms with van der Waals surface area (Å²) in [4.78, 5) is 0. The number of ether oxygens (including phenoxy) is 3. The fourth-order valence-corrected chi connectivity index (χ4v) is 2.46. The van der Waals surface area contributed by atoms with Gasteiger partial charge in [-0.1, -0.05) is 13.0 Å². The summed E-state index contributed by atoms with van der Waals surface area (Å²) in [5.41, 5.74) is 0.827. The monoisotopic (exact) mass is 281 g/mol. The van der Waals surface area contributed by atoms with Crippen molar-refractivity contribution in [2.75, 3.05) is 27.4 Å². The SMILES string of the molecule is CCNC(c1ccc(OC)c(OC)c1)C(C)(C)OCC. The van der Waals surface area contributed by atoms with E-state index in [0.29, 0.717) is 6.61 Å². The number of hydrogen-bond donors (Lipinski definition) is 1. The predicted molar refractivity (Wildman–Crippen MR) is 81.7 cm³/mol. The maximum atomic E-state index is 5.89. The first-order valence-corrected chi connectivity index (χ1v) is 7.09. The number of rotatable bonds is 8. The lowest BCUT2D eigenvalue weighted by atomic mass is 9.91. The molecule has 0 heterocycles. The van der Waals surface area contributed by atoms with E-state index >= 15 is 0 Å². The van der Waals surface area contributed by atoms with E-state index in [-0.39, 0.29) is 11.6 Å². The molecular weight excluding hydrogens is 254 g/mol. The molecule has 1 unspecified atom stereocenters. The van der Waals surface area contributed by atoms with Gasteiger partial charge < -0.3 is 19.5 Å². The Morgan fingerprint density at radius 3 is 2.25 bits per heavy atom. The van der Waals surface area contributed by atoms with E-state index in [0.717, 1.165) is 23.6 Å². The highest BCUT2D eigenvalue weighted by molar-refractivity contribution is 5.44. The standard InChI is InChI=1S/C16H27NO3/c1-7-17-15(16(3,4)20-8-2)12-9-10-13(18-5)14(11-12)19-6/h9-11,15,17H,7-8H2,1-6H3. The van der Waals surface area contributed by atoms with Crippen molar-refractivity contribution in [2.45, 2.75) is 39.3 Å². The van der Waals surface area contributed by atoms with Crippen LogP contribution in [0.5, 0.6) is 11.5 Å². The van der Waals surface area contributed by atoms with Gasteiger partial charge in [0.1, 0.15) is 0 Å². The van der Waals surface area contributed by atoms with E-state index in [1.54, 1.807) is 14.2 Å². The van der Waals surface area contributed by atoms with Crippen LogP contribution in [0, 0.1) is 0 Å². The highest BCUT2D eigenvalue weighted by Crippen LogP contribution is 2.35. The molecule has 0 bridgehead atoms. The Balaban J connectivity index is 3.14. The lowest BCUT2D eigenvalue weighted by Gasteiger charge is -2.35. The molecule has 1 aromatic carbocycles. The van der Waals surface area contributed by atoms with Crippen LogP contribution in [0.1, 0.15) is 39.3 Å². The number of methoxy groups -OCH3 is 2. The molecule has 20 heavy (non-hydrogen) atoms. The molecule has 1 N–H and O–H groups in total. The summed E-state index contributed by atoms with van der Waals surface area (Å²) >= 11 is 0. The third-order valence-electron chi connectivity index (χ3n) is 3.36. The highest BCUT2D eigenvalue weighted by atomic mass is 16.5. The van der Waals surface area contributed by atoms with Gasteiger partial charge in [0, 0.05) is 6.61 Å². The number of likely N-dealkylation sites (N-methyl/N-ethyl adjacent to an activating group) is 1. The normalized spacial score (nSPS) is 13.1. The largest absolute Gasteiger partial charge is 0.493 e. The van der Waals surface area contributed by atoms with Gasteiger partial charge in [0.05, 0.1) is 25.9 Å². The molecule has 0 saturated carbocycles. The summed E-state index contributed by atoms with van der Waals surface area (Å²) in [5.74, 6) is 1.47. The van der Waals surface area contributed by atoms with Crippen molar-refractivity contribution in [3.05, 3.63) is 23.8 Å². The second kappa shape index (κ2) is 7.50. The zero-order valence-electron chi connectivity index (χ0n) is 13.4. The fraction of sp³-hybridized carbons (Fsp3) is 0.625. The summed E-state index contributed by atoms with van der Waals surface area (Å²) < 4.78 is 16.6. The average molecular weight is 281 g/mol. The highest BCUT2D eigenvalue weighted by Gasteiger charge is 2.31. The quantitative estimate of drug-likeness (QED) is 0.794. The van der Waals surface area contributed by atoms with E-state index in [2.05, 4.69) is 32.2 Å². The number of hydrogen-bond acceptors (Lipinski definition) is 4. The molecule has 0 radical (unpaired) electrons. The second-order valence-corrected chi connectivity index (χ2v) is 5.14. The van der Waals surface area contributed by atoms with Crippen molar-refractivity contribution in [1.29, 1.82) is 0 Å². The van der Waals surface area contributed by atoms with Gasteiger partial charge in [-0.05, 0) is 45.0 Å². The third-order valence-corrected chi connectivity index (χ3v) is 3.36. The van der Waals surface area contributed by atoms with Gasteiger partial charge in [0.15, 0.2) is 11.5 Å². The van der Waals surface area contributed by atoms with Gasteiger partial charge in [-0.15, -0.1) is 0 Å². The molecule has 1 atom stereocenters. The predicted octanol–water partition coefficient (Wildman–Crippen LogP) is 3.17. The smallest absolute Gasteiger partial charge is 0.161 e. The molecule has 0 aliphatic rings. The van der Waals surface area contributed by atoms with Gasteiger partial charge in [-0.3, -0.25) is 0 Å². The molecule has 0 spiro atoms. The van der Waals surface area contributed by atoms with Gasteiger partial charge in [-0.25, -0.2) is 0 Å². The van der Waals surface area contributed by atoms with Crippen LogP contribution in [-0.4, -0.2) is 33.0 Å². The van der Waals surface area contributed by atoms with Crippen molar-refractivity contribution >= 4 is 0 Å². The number of benzene rings is 1. The molecule has 0 amide bonds. The molecule has 0 aliphatic carbocycles. The zero-order chi connectivity index (χ0) is 15.2. The molecule has 1 aromatic rings. The summed E-state index contributed by atoms with van der Waals surface area (Å²) in [5, 5.41) is 3.49. The van der Waals surface area contributed by atoms with Crippen LogP contribution in [0.3, 0.4) is 0 Å². The molecule has 4 nitrogen and oxygen atoms in total. The van der Waals surface area contributed by atoms with Gasteiger partial charge >= 0.3 is 0 Å². The molecule has 0 saturated heterocycles. The van der Waals surface area contributed by atoms with Gasteiger partial charge in [0.2, 0.25) is 0 Å². The molecule has 1 rings (SSSR count). The molecule has 0 aliphatic heterocycles. The topological polar surface area (TPSA) is 39.7 Å². The number of nitrogens with one attached hydrogen (secondary N) is 1. The Kier molecular flexibility index (Phi) is 6.30. The minimum Gasteiger partial charge on any atom is -0.493 e. The van der Waals surface area contributed by atoms with Crippen molar-refractivity contribution in [3.63, 3.8) is 0 Å². The molecule has 0 fully saturated rings. The van der Waals surface area contributed by atoms with Crippen LogP contribution >= 0.6 is 0 Å². The summed E-state index contributed by atoms with van der Waals surface area (Å²) in [6, 6.07) is 6.08. The molecule has 114 valence electrons. The van der Waals surface area contributed by atoms with Crippen LogP contribution in [0.2, 0.25) is 0 Å². The Morgan fingerprint density at radius 1 is 1.10 bits per heavy atom. The maximum absolute atomic E-state index is 5.89. The zero-order valence-corrected chi connectivity index (χ0v) is 13.4. The van der Waals surface area contributed by atoms with Crippen LogP contribution in [0.25, 0.3) is 0 Å². The third kappa shape index (κ3) is 3.87. The first kappa shape index (κ1) is 16.8. The van der Waals surface area contributed by atoms with E-state index in [9.17, 15) is 0 Å². The lowest BCUT2D eigenvalue weighted by molar-refractivity contribution is -0.0389. The van der Waals surface area contributed by atoms with Crippen LogP contribution < -0.4 is 14.8 Å². The second-order valence-electron chi connectivity index (χ2n) is 5.14. The maximum Gasteiger partial charge on any atom is 0.161 e.